The summed E-state index contributed by atoms with van der Waals surface area (Å²) in [7, 11) is 0. The topological polar surface area (TPSA) is 64.6 Å². The van der Waals surface area contributed by atoms with E-state index in [1.165, 1.54) is 0 Å². The highest BCUT2D eigenvalue weighted by Crippen LogP contribution is 2.35. The lowest BCUT2D eigenvalue weighted by Gasteiger charge is -2.25. The highest BCUT2D eigenvalue weighted by Gasteiger charge is 2.30. The zero-order valence-electron chi connectivity index (χ0n) is 15.8. The number of hydrogen-bond donors (Lipinski definition) is 1. The molecule has 142 valence electrons. The molecule has 0 atom stereocenters. The molecule has 2 saturated carbocycles. The van der Waals surface area contributed by atoms with Gasteiger partial charge in [0.15, 0.2) is 11.5 Å². The number of nitrogens with one attached hydrogen (secondary N) is 1. The van der Waals surface area contributed by atoms with Gasteiger partial charge in [-0.1, -0.05) is 32.8 Å². The molecule has 0 aromatic heterocycles. The summed E-state index contributed by atoms with van der Waals surface area (Å²) >= 11 is 0. The van der Waals surface area contributed by atoms with Crippen molar-refractivity contribution in [2.45, 2.75) is 64.8 Å². The van der Waals surface area contributed by atoms with Crippen LogP contribution in [-0.2, 0) is 16.0 Å². The molecule has 2 aliphatic rings. The first-order valence-electron chi connectivity index (χ1n) is 9.82. The van der Waals surface area contributed by atoms with E-state index in [-0.39, 0.29) is 23.8 Å². The second-order valence-electron chi connectivity index (χ2n) is 7.74. The molecule has 0 aliphatic heterocycles. The van der Waals surface area contributed by atoms with E-state index in [2.05, 4.69) is 19.2 Å². The van der Waals surface area contributed by atoms with Crippen molar-refractivity contribution in [3.05, 3.63) is 23.8 Å². The van der Waals surface area contributed by atoms with Crippen molar-refractivity contribution >= 4 is 11.9 Å². The number of hydrogen-bond acceptors (Lipinski definition) is 5. The molecule has 0 bridgehead atoms. The maximum Gasteiger partial charge on any atom is 0.314 e. The van der Waals surface area contributed by atoms with Crippen molar-refractivity contribution in [3.8, 4) is 11.5 Å². The summed E-state index contributed by atoms with van der Waals surface area (Å²) in [4.78, 5) is 24.5. The van der Waals surface area contributed by atoms with E-state index in [0.29, 0.717) is 17.5 Å². The van der Waals surface area contributed by atoms with Crippen LogP contribution in [0.1, 0.15) is 57.9 Å². The molecule has 1 aromatic carbocycles. The van der Waals surface area contributed by atoms with Crippen LogP contribution in [0.3, 0.4) is 0 Å². The van der Waals surface area contributed by atoms with Gasteiger partial charge < -0.3 is 14.8 Å². The standard InChI is InChI=1S/C21H29NO4/c1-14(2)22-12-11-15-9-10-18(25-20(23)16-5-3-6-16)19(13-15)26-21(24)17-7-4-8-17/h9-10,13-14,16-17,22H,3-8,11-12H2,1-2H3. The van der Waals surface area contributed by atoms with Crippen LogP contribution in [0.4, 0.5) is 0 Å². The number of carbonyl (C=O) groups is 2. The zero-order valence-corrected chi connectivity index (χ0v) is 15.8. The fourth-order valence-electron chi connectivity index (χ4n) is 3.05. The molecule has 5 nitrogen and oxygen atoms in total. The van der Waals surface area contributed by atoms with E-state index in [1.54, 1.807) is 6.07 Å². The van der Waals surface area contributed by atoms with E-state index < -0.39 is 0 Å². The fourth-order valence-corrected chi connectivity index (χ4v) is 3.05. The lowest BCUT2D eigenvalue weighted by atomic mass is 9.85. The number of carbonyl (C=O) groups excluding carboxylic acids is 2. The minimum absolute atomic E-state index is 0.0138. The van der Waals surface area contributed by atoms with E-state index in [0.717, 1.165) is 57.1 Å². The van der Waals surface area contributed by atoms with Gasteiger partial charge in [0.1, 0.15) is 0 Å². The highest BCUT2D eigenvalue weighted by atomic mass is 16.6. The predicted molar refractivity (Wildman–Crippen MR) is 99.2 cm³/mol. The van der Waals surface area contributed by atoms with Crippen molar-refractivity contribution in [2.24, 2.45) is 11.8 Å². The normalized spacial score (nSPS) is 17.5. The molecule has 5 heteroatoms. The summed E-state index contributed by atoms with van der Waals surface area (Å²) in [5.41, 5.74) is 1.05. The Morgan fingerprint density at radius 1 is 1.00 bits per heavy atom. The molecule has 2 aliphatic carbocycles. The molecule has 1 N–H and O–H groups in total. The Hall–Kier alpha value is -1.88. The average Bonchev–Trinajstić information content (AvgIpc) is 2.45. The van der Waals surface area contributed by atoms with Crippen molar-refractivity contribution in [1.82, 2.24) is 5.32 Å². The predicted octanol–water partition coefficient (Wildman–Crippen LogP) is 3.64. The largest absolute Gasteiger partial charge is 0.422 e. The van der Waals surface area contributed by atoms with Gasteiger partial charge in [0.25, 0.3) is 0 Å². The molecule has 0 unspecified atom stereocenters. The van der Waals surface area contributed by atoms with E-state index in [1.807, 2.05) is 12.1 Å². The van der Waals surface area contributed by atoms with Crippen LogP contribution in [0.5, 0.6) is 11.5 Å². The van der Waals surface area contributed by atoms with Crippen LogP contribution < -0.4 is 14.8 Å². The number of benzene rings is 1. The van der Waals surface area contributed by atoms with Crippen LogP contribution in [0.2, 0.25) is 0 Å². The van der Waals surface area contributed by atoms with Gasteiger partial charge in [-0.25, -0.2) is 0 Å². The number of esters is 2. The molecule has 0 spiro atoms. The summed E-state index contributed by atoms with van der Waals surface area (Å²) in [6, 6.07) is 5.95. The van der Waals surface area contributed by atoms with Crippen LogP contribution in [-0.4, -0.2) is 24.5 Å². The van der Waals surface area contributed by atoms with Crippen LogP contribution in [0, 0.1) is 11.8 Å². The maximum absolute atomic E-state index is 12.3. The Kier molecular flexibility index (Phi) is 6.30. The van der Waals surface area contributed by atoms with Gasteiger partial charge >= 0.3 is 11.9 Å². The van der Waals surface area contributed by atoms with Gasteiger partial charge in [0.2, 0.25) is 0 Å². The van der Waals surface area contributed by atoms with Crippen LogP contribution in [0.25, 0.3) is 0 Å². The molecular formula is C21H29NO4. The molecule has 2 fully saturated rings. The van der Waals surface area contributed by atoms with Crippen molar-refractivity contribution in [3.63, 3.8) is 0 Å². The van der Waals surface area contributed by atoms with E-state index in [4.69, 9.17) is 9.47 Å². The van der Waals surface area contributed by atoms with Gasteiger partial charge in [-0.05, 0) is 56.3 Å². The second-order valence-corrected chi connectivity index (χ2v) is 7.74. The lowest BCUT2D eigenvalue weighted by Crippen LogP contribution is -2.28. The molecule has 3 rings (SSSR count). The molecule has 0 heterocycles. The quantitative estimate of drug-likeness (QED) is 0.567. The molecule has 0 radical (unpaired) electrons. The Morgan fingerprint density at radius 2 is 1.58 bits per heavy atom. The smallest absolute Gasteiger partial charge is 0.314 e. The summed E-state index contributed by atoms with van der Waals surface area (Å²) in [6.07, 6.45) is 6.50. The monoisotopic (exact) mass is 359 g/mol. The Balaban J connectivity index is 1.70. The van der Waals surface area contributed by atoms with Crippen LogP contribution in [0.15, 0.2) is 18.2 Å². The Labute approximate surface area is 155 Å². The Morgan fingerprint density at radius 3 is 2.08 bits per heavy atom. The fraction of sp³-hybridized carbons (Fsp3) is 0.619. The lowest BCUT2D eigenvalue weighted by molar-refractivity contribution is -0.144. The van der Waals surface area contributed by atoms with Crippen molar-refractivity contribution in [1.29, 1.82) is 0 Å². The molecule has 26 heavy (non-hydrogen) atoms. The molecule has 0 saturated heterocycles. The molecule has 0 amide bonds. The second kappa shape index (κ2) is 8.67. The van der Waals surface area contributed by atoms with E-state index >= 15 is 0 Å². The number of ether oxygens (including phenoxy) is 2. The molecular weight excluding hydrogens is 330 g/mol. The van der Waals surface area contributed by atoms with Gasteiger partial charge in [-0.3, -0.25) is 9.59 Å². The first-order valence-corrected chi connectivity index (χ1v) is 9.82. The SMILES string of the molecule is CC(C)NCCc1ccc(OC(=O)C2CCC2)c(OC(=O)C2CCC2)c1. The van der Waals surface area contributed by atoms with Crippen molar-refractivity contribution < 1.29 is 19.1 Å². The summed E-state index contributed by atoms with van der Waals surface area (Å²) in [5, 5.41) is 3.37. The zero-order chi connectivity index (χ0) is 18.5. The Bertz CT molecular complexity index is 647. The highest BCUT2D eigenvalue weighted by molar-refractivity contribution is 5.79. The first kappa shape index (κ1) is 18.9. The maximum atomic E-state index is 12.3. The summed E-state index contributed by atoms with van der Waals surface area (Å²) in [5.74, 6) is 0.268. The summed E-state index contributed by atoms with van der Waals surface area (Å²) in [6.45, 7) is 5.05. The third kappa shape index (κ3) is 4.85. The van der Waals surface area contributed by atoms with Crippen LogP contribution >= 0.6 is 0 Å². The van der Waals surface area contributed by atoms with Crippen molar-refractivity contribution in [2.75, 3.05) is 6.54 Å². The van der Waals surface area contributed by atoms with Gasteiger partial charge in [0.05, 0.1) is 11.8 Å². The number of rotatable bonds is 8. The van der Waals surface area contributed by atoms with Gasteiger partial charge in [-0.2, -0.15) is 0 Å². The van der Waals surface area contributed by atoms with Gasteiger partial charge in [0, 0.05) is 6.04 Å². The third-order valence-electron chi connectivity index (χ3n) is 5.27. The van der Waals surface area contributed by atoms with E-state index in [9.17, 15) is 9.59 Å². The average molecular weight is 359 g/mol. The minimum atomic E-state index is -0.216. The minimum Gasteiger partial charge on any atom is -0.422 e. The molecule has 1 aromatic rings. The third-order valence-corrected chi connectivity index (χ3v) is 5.27. The van der Waals surface area contributed by atoms with Gasteiger partial charge in [-0.15, -0.1) is 0 Å². The first-order chi connectivity index (χ1) is 12.5. The summed E-state index contributed by atoms with van der Waals surface area (Å²) < 4.78 is 11.2.